The Morgan fingerprint density at radius 1 is 1.38 bits per heavy atom. The van der Waals surface area contributed by atoms with Crippen molar-refractivity contribution < 1.29 is 14.7 Å². The average molecular weight is 208 g/mol. The molecule has 13 heavy (non-hydrogen) atoms. The maximum absolute atomic E-state index is 10.5. The highest BCUT2D eigenvalue weighted by atomic mass is 35.5. The summed E-state index contributed by atoms with van der Waals surface area (Å²) in [5.41, 5.74) is 0. The molecule has 0 aromatic carbocycles. The fourth-order valence-electron chi connectivity index (χ4n) is 1.05. The molecule has 4 nitrogen and oxygen atoms in total. The number of rotatable bonds is 1. The van der Waals surface area contributed by atoms with Gasteiger partial charge in [-0.2, -0.15) is 0 Å². The minimum atomic E-state index is -0.833. The molecule has 0 amide bonds. The van der Waals surface area contributed by atoms with E-state index in [0.717, 1.165) is 32.9 Å². The third-order valence-corrected chi connectivity index (χ3v) is 1.97. The lowest BCUT2D eigenvalue weighted by molar-refractivity contribution is -0.134. The van der Waals surface area contributed by atoms with Gasteiger partial charge in [0.05, 0.1) is 0 Å². The number of carbonyl (C=O) groups is 2. The Balaban J connectivity index is 0.000000310. The molecule has 1 heterocycles. The Morgan fingerprint density at radius 2 is 1.77 bits per heavy atom. The first-order valence-electron chi connectivity index (χ1n) is 4.13. The molecule has 2 N–H and O–H groups in total. The fourth-order valence-corrected chi connectivity index (χ4v) is 1.27. The second-order valence-electron chi connectivity index (χ2n) is 2.85. The molecule has 1 aliphatic rings. The largest absolute Gasteiger partial charge is 0.481 e. The highest BCUT2D eigenvalue weighted by Gasteiger charge is 2.18. The van der Waals surface area contributed by atoms with Crippen molar-refractivity contribution in [2.75, 3.05) is 13.1 Å². The number of aliphatic carboxylic acids is 1. The summed E-state index contributed by atoms with van der Waals surface area (Å²) in [6, 6.07) is 0. The van der Waals surface area contributed by atoms with Gasteiger partial charge in [-0.3, -0.25) is 9.59 Å². The van der Waals surface area contributed by atoms with Gasteiger partial charge in [0.25, 0.3) is 5.97 Å². The molecule has 76 valence electrons. The van der Waals surface area contributed by atoms with Gasteiger partial charge in [-0.05, 0) is 37.5 Å². The summed E-state index contributed by atoms with van der Waals surface area (Å²) >= 11 is 5.29. The summed E-state index contributed by atoms with van der Waals surface area (Å²) in [7, 11) is 0. The van der Waals surface area contributed by atoms with E-state index in [1.165, 1.54) is 0 Å². The van der Waals surface area contributed by atoms with Crippen LogP contribution in [0.2, 0.25) is 0 Å². The Labute approximate surface area is 82.3 Å². The van der Waals surface area contributed by atoms with Gasteiger partial charge < -0.3 is 10.4 Å². The van der Waals surface area contributed by atoms with Crippen molar-refractivity contribution in [1.29, 1.82) is 0 Å². The number of carboxylic acids is 1. The summed E-state index contributed by atoms with van der Waals surface area (Å²) in [5, 5.41) is 10.4. The lowest BCUT2D eigenvalue weighted by Gasteiger charge is -2.18. The van der Waals surface area contributed by atoms with Crippen LogP contribution in [-0.2, 0) is 9.59 Å². The molecule has 1 fully saturated rings. The molecule has 0 radical (unpaired) electrons. The van der Waals surface area contributed by atoms with Gasteiger partial charge in [0, 0.05) is 12.8 Å². The van der Waals surface area contributed by atoms with Gasteiger partial charge in [-0.1, -0.05) is 0 Å². The number of carbonyl (C=O) groups excluding carboxylic acids is 1. The molecule has 5 heteroatoms. The predicted octanol–water partition coefficient (Wildman–Crippen LogP) is 0.842. The zero-order valence-corrected chi connectivity index (χ0v) is 8.30. The van der Waals surface area contributed by atoms with Crippen LogP contribution in [0.1, 0.15) is 19.8 Å². The first-order valence-corrected chi connectivity index (χ1v) is 4.51. The van der Waals surface area contributed by atoms with Crippen molar-refractivity contribution in [3.8, 4) is 0 Å². The lowest BCUT2D eigenvalue weighted by atomic mass is 10.0. The number of hydrogen-bond acceptors (Lipinski definition) is 3. The number of halogens is 1. The monoisotopic (exact) mass is 207 g/mol. The van der Waals surface area contributed by atoms with Crippen molar-refractivity contribution in [2.45, 2.75) is 19.8 Å². The van der Waals surface area contributed by atoms with Crippen LogP contribution in [0.25, 0.3) is 0 Å². The highest BCUT2D eigenvalue weighted by Crippen LogP contribution is 2.13. The summed E-state index contributed by atoms with van der Waals surface area (Å²) in [6.07, 6.45) is 1.81. The van der Waals surface area contributed by atoms with Crippen molar-refractivity contribution in [3.05, 3.63) is 0 Å². The van der Waals surface area contributed by atoms with Crippen LogP contribution < -0.4 is 5.32 Å². The molecule has 1 saturated heterocycles. The van der Waals surface area contributed by atoms with Gasteiger partial charge in [0.2, 0.25) is 5.24 Å². The topological polar surface area (TPSA) is 66.4 Å². The predicted molar refractivity (Wildman–Crippen MR) is 49.8 cm³/mol. The number of nitrogens with one attached hydrogen (secondary N) is 1. The molecule has 0 atom stereocenters. The molecule has 0 spiro atoms. The van der Waals surface area contributed by atoms with Crippen LogP contribution >= 0.6 is 11.6 Å². The van der Waals surface area contributed by atoms with Gasteiger partial charge in [0.15, 0.2) is 0 Å². The van der Waals surface area contributed by atoms with Gasteiger partial charge in [0.1, 0.15) is 0 Å². The molecule has 0 saturated carbocycles. The lowest BCUT2D eigenvalue weighted by Crippen LogP contribution is -2.30. The zero-order valence-electron chi connectivity index (χ0n) is 7.55. The van der Waals surface area contributed by atoms with E-state index in [0.29, 0.717) is 0 Å². The smallest absolute Gasteiger partial charge is 0.300 e. The Bertz CT molecular complexity index is 174. The van der Waals surface area contributed by atoms with Crippen molar-refractivity contribution in [2.24, 2.45) is 5.92 Å². The molecular weight excluding hydrogens is 194 g/mol. The third kappa shape index (κ3) is 7.74. The molecule has 0 bridgehead atoms. The molecular formula is C8H14ClNO3. The van der Waals surface area contributed by atoms with E-state index in [4.69, 9.17) is 21.5 Å². The van der Waals surface area contributed by atoms with Gasteiger partial charge in [-0.15, -0.1) is 0 Å². The van der Waals surface area contributed by atoms with E-state index in [1.54, 1.807) is 0 Å². The van der Waals surface area contributed by atoms with Crippen molar-refractivity contribution in [3.63, 3.8) is 0 Å². The molecule has 0 aliphatic carbocycles. The normalized spacial score (nSPS) is 17.1. The first kappa shape index (κ1) is 12.4. The summed E-state index contributed by atoms with van der Waals surface area (Å²) in [5.74, 6) is -0.715. The van der Waals surface area contributed by atoms with Crippen LogP contribution in [-0.4, -0.2) is 29.4 Å². The van der Waals surface area contributed by atoms with E-state index >= 15 is 0 Å². The van der Waals surface area contributed by atoms with Crippen LogP contribution in [0.4, 0.5) is 0 Å². The SMILES string of the molecule is CC(=O)O.O=C(Cl)C1CCNCC1. The van der Waals surface area contributed by atoms with E-state index in [-0.39, 0.29) is 11.2 Å². The van der Waals surface area contributed by atoms with Crippen LogP contribution in [0.5, 0.6) is 0 Å². The first-order chi connectivity index (χ1) is 6.04. The molecule has 0 aromatic rings. The third-order valence-electron chi connectivity index (χ3n) is 1.66. The second kappa shape index (κ2) is 6.86. The number of piperidine rings is 1. The average Bonchev–Trinajstić information content (AvgIpc) is 2.05. The van der Waals surface area contributed by atoms with Gasteiger partial charge in [-0.25, -0.2) is 0 Å². The van der Waals surface area contributed by atoms with Crippen LogP contribution in [0.3, 0.4) is 0 Å². The zero-order chi connectivity index (χ0) is 10.3. The minimum Gasteiger partial charge on any atom is -0.481 e. The van der Waals surface area contributed by atoms with Crippen molar-refractivity contribution in [1.82, 2.24) is 5.32 Å². The van der Waals surface area contributed by atoms with Crippen LogP contribution in [0.15, 0.2) is 0 Å². The molecule has 1 aliphatic heterocycles. The van der Waals surface area contributed by atoms with Crippen LogP contribution in [0, 0.1) is 5.92 Å². The molecule has 0 unspecified atom stereocenters. The van der Waals surface area contributed by atoms with Gasteiger partial charge >= 0.3 is 0 Å². The highest BCUT2D eigenvalue weighted by molar-refractivity contribution is 6.63. The van der Waals surface area contributed by atoms with E-state index in [2.05, 4.69) is 5.32 Å². The maximum Gasteiger partial charge on any atom is 0.300 e. The van der Waals surface area contributed by atoms with E-state index in [9.17, 15) is 4.79 Å². The summed E-state index contributed by atoms with van der Waals surface area (Å²) in [4.78, 5) is 19.5. The molecule has 0 aromatic heterocycles. The molecule has 1 rings (SSSR count). The van der Waals surface area contributed by atoms with E-state index in [1.807, 2.05) is 0 Å². The van der Waals surface area contributed by atoms with E-state index < -0.39 is 5.97 Å². The maximum atomic E-state index is 10.5. The Morgan fingerprint density at radius 3 is 2.00 bits per heavy atom. The minimum absolute atomic E-state index is 0.118. The Kier molecular flexibility index (Phi) is 6.54. The Hall–Kier alpha value is -0.610. The number of hydrogen-bond donors (Lipinski definition) is 2. The fraction of sp³-hybridized carbons (Fsp3) is 0.750. The van der Waals surface area contributed by atoms with Crippen molar-refractivity contribution >= 4 is 22.8 Å². The summed E-state index contributed by atoms with van der Waals surface area (Å²) in [6.45, 7) is 2.95. The standard InChI is InChI=1S/C6H10ClNO.C2H4O2/c7-6(9)5-1-3-8-4-2-5;1-2(3)4/h5,8H,1-4H2;1H3,(H,3,4). The quantitative estimate of drug-likeness (QED) is 0.626. The second-order valence-corrected chi connectivity index (χ2v) is 3.22. The number of carboxylic acid groups (broad SMARTS) is 1. The summed E-state index contributed by atoms with van der Waals surface area (Å²) < 4.78 is 0.